The number of nitrogens with zero attached hydrogens (tertiary/aromatic N) is 3. The number of carbonyl (C=O) groups excluding carboxylic acids is 1. The summed E-state index contributed by atoms with van der Waals surface area (Å²) in [6.07, 6.45) is 7.87. The third-order valence-electron chi connectivity index (χ3n) is 3.73. The van der Waals surface area contributed by atoms with E-state index in [2.05, 4.69) is 19.9 Å². The molecule has 0 amide bonds. The largest absolute Gasteiger partial charge is 0.404 e. The quantitative estimate of drug-likeness (QED) is 0.331. The first-order valence-corrected chi connectivity index (χ1v) is 8.85. The van der Waals surface area contributed by atoms with Crippen LogP contribution in [0.15, 0.2) is 27.9 Å². The highest BCUT2D eigenvalue weighted by atomic mass is 32.2. The van der Waals surface area contributed by atoms with Crippen LogP contribution in [0.1, 0.15) is 19.8 Å². The summed E-state index contributed by atoms with van der Waals surface area (Å²) in [6, 6.07) is 0.430. The number of piperidine rings is 1. The predicted molar refractivity (Wildman–Crippen MR) is 94.1 cm³/mol. The number of halogens is 1. The Hall–Kier alpha value is -0.990. The van der Waals surface area contributed by atoms with Crippen molar-refractivity contribution in [2.24, 2.45) is 10.1 Å². The summed E-state index contributed by atoms with van der Waals surface area (Å²) in [6.45, 7) is 3.90. The maximum atomic E-state index is 12.5. The standard InChI is InChI=1S/C14H23FN4OS2/c1-11(14(17-22-15)12(8-16)10-20)9-18(2)13-4-6-19(21-3)7-5-13/h8-10,13H,4-7,16H2,1-3H3/b11-9-,12-8-,17-14+. The zero-order chi connectivity index (χ0) is 16.5. The van der Waals surface area contributed by atoms with Gasteiger partial charge in [-0.05, 0) is 31.6 Å². The van der Waals surface area contributed by atoms with Crippen LogP contribution in [0.4, 0.5) is 3.89 Å². The van der Waals surface area contributed by atoms with Gasteiger partial charge in [0.15, 0.2) is 18.6 Å². The lowest BCUT2D eigenvalue weighted by molar-refractivity contribution is -0.104. The van der Waals surface area contributed by atoms with Crippen LogP contribution in [0.2, 0.25) is 0 Å². The van der Waals surface area contributed by atoms with E-state index in [1.54, 1.807) is 18.9 Å². The van der Waals surface area contributed by atoms with Crippen molar-refractivity contribution in [2.45, 2.75) is 25.8 Å². The van der Waals surface area contributed by atoms with Crippen LogP contribution in [0.3, 0.4) is 0 Å². The van der Waals surface area contributed by atoms with Crippen molar-refractivity contribution in [3.8, 4) is 0 Å². The zero-order valence-corrected chi connectivity index (χ0v) is 14.8. The van der Waals surface area contributed by atoms with Gasteiger partial charge in [0.2, 0.25) is 0 Å². The lowest BCUT2D eigenvalue weighted by Crippen LogP contribution is -2.39. The number of aldehydes is 1. The molecule has 0 saturated carbocycles. The van der Waals surface area contributed by atoms with Crippen LogP contribution >= 0.6 is 24.3 Å². The fraction of sp³-hybridized carbons (Fsp3) is 0.571. The van der Waals surface area contributed by atoms with Crippen LogP contribution in [-0.2, 0) is 4.79 Å². The molecule has 0 aromatic carbocycles. The van der Waals surface area contributed by atoms with Gasteiger partial charge >= 0.3 is 0 Å². The number of allylic oxidation sites excluding steroid dienone is 2. The molecule has 1 aliphatic rings. The van der Waals surface area contributed by atoms with Crippen LogP contribution in [0.5, 0.6) is 0 Å². The van der Waals surface area contributed by atoms with Gasteiger partial charge in [0, 0.05) is 38.6 Å². The Kier molecular flexibility index (Phi) is 8.59. The SMILES string of the molecule is CSN1CCC(N(C)\C=C(C)/C(=N\SF)C(/C=O)=C\N)CC1. The molecule has 124 valence electrons. The van der Waals surface area contributed by atoms with Crippen molar-refractivity contribution in [2.75, 3.05) is 26.4 Å². The average molecular weight is 346 g/mol. The van der Waals surface area contributed by atoms with E-state index in [1.165, 1.54) is 0 Å². The van der Waals surface area contributed by atoms with Crippen molar-refractivity contribution < 1.29 is 8.68 Å². The van der Waals surface area contributed by atoms with E-state index in [1.807, 2.05) is 13.2 Å². The highest BCUT2D eigenvalue weighted by Gasteiger charge is 2.21. The highest BCUT2D eigenvalue weighted by molar-refractivity contribution is 7.96. The molecule has 1 aliphatic heterocycles. The maximum Gasteiger partial charge on any atom is 0.187 e. The first kappa shape index (κ1) is 19.1. The van der Waals surface area contributed by atoms with Crippen molar-refractivity contribution in [3.05, 3.63) is 23.5 Å². The van der Waals surface area contributed by atoms with Gasteiger partial charge in [-0.2, -0.15) is 4.40 Å². The summed E-state index contributed by atoms with van der Waals surface area (Å²) >= 11 is 1.60. The Balaban J connectivity index is 2.81. The molecule has 1 fully saturated rings. The van der Waals surface area contributed by atoms with Gasteiger partial charge in [-0.1, -0.05) is 11.9 Å². The van der Waals surface area contributed by atoms with Gasteiger partial charge < -0.3 is 10.6 Å². The average Bonchev–Trinajstić information content (AvgIpc) is 2.55. The lowest BCUT2D eigenvalue weighted by atomic mass is 10.0. The van der Waals surface area contributed by atoms with E-state index in [9.17, 15) is 8.68 Å². The van der Waals surface area contributed by atoms with Gasteiger partial charge in [-0.25, -0.2) is 0 Å². The van der Waals surface area contributed by atoms with Gasteiger partial charge in [0.05, 0.1) is 11.3 Å². The Labute approximate surface area is 140 Å². The molecule has 0 bridgehead atoms. The third-order valence-corrected chi connectivity index (χ3v) is 4.87. The van der Waals surface area contributed by atoms with Crippen molar-refractivity contribution in [1.82, 2.24) is 9.21 Å². The summed E-state index contributed by atoms with van der Waals surface area (Å²) in [4.78, 5) is 13.1. The van der Waals surface area contributed by atoms with E-state index in [4.69, 9.17) is 5.73 Å². The molecule has 0 aliphatic carbocycles. The number of hydrogen-bond acceptors (Lipinski definition) is 7. The van der Waals surface area contributed by atoms with Crippen molar-refractivity contribution >= 4 is 36.3 Å². The normalized spacial score (nSPS) is 19.4. The second-order valence-corrected chi connectivity index (χ2v) is 6.27. The van der Waals surface area contributed by atoms with Crippen LogP contribution < -0.4 is 5.73 Å². The van der Waals surface area contributed by atoms with Gasteiger partial charge in [-0.3, -0.25) is 9.10 Å². The van der Waals surface area contributed by atoms with E-state index in [-0.39, 0.29) is 23.6 Å². The molecular weight excluding hydrogens is 323 g/mol. The molecule has 2 N–H and O–H groups in total. The number of nitrogens with two attached hydrogens (primary N) is 1. The fourth-order valence-corrected chi connectivity index (χ4v) is 3.36. The molecule has 0 aromatic heterocycles. The number of rotatable bonds is 7. The summed E-state index contributed by atoms with van der Waals surface area (Å²) < 4.78 is 18.5. The number of carbonyl (C=O) groups is 1. The molecule has 22 heavy (non-hydrogen) atoms. The first-order valence-electron chi connectivity index (χ1n) is 7.00. The molecule has 0 radical (unpaired) electrons. The molecule has 1 rings (SSSR count). The Morgan fingerprint density at radius 2 is 2.09 bits per heavy atom. The molecular formula is C14H23FN4OS2. The first-order chi connectivity index (χ1) is 10.6. The third kappa shape index (κ3) is 5.33. The molecule has 1 heterocycles. The fourth-order valence-electron chi connectivity index (χ4n) is 2.46. The van der Waals surface area contributed by atoms with E-state index < -0.39 is 0 Å². The number of hydrogen-bond donors (Lipinski definition) is 1. The van der Waals surface area contributed by atoms with Crippen molar-refractivity contribution in [3.63, 3.8) is 0 Å². The Morgan fingerprint density at radius 3 is 2.55 bits per heavy atom. The van der Waals surface area contributed by atoms with E-state index in [0.29, 0.717) is 17.9 Å². The zero-order valence-electron chi connectivity index (χ0n) is 13.2. The second-order valence-electron chi connectivity index (χ2n) is 5.07. The minimum atomic E-state index is -0.173. The van der Waals surface area contributed by atoms with E-state index >= 15 is 0 Å². The Morgan fingerprint density at radius 1 is 1.45 bits per heavy atom. The predicted octanol–water partition coefficient (Wildman–Crippen LogP) is 2.58. The van der Waals surface area contributed by atoms with Gasteiger partial charge in [-0.15, -0.1) is 3.89 Å². The molecule has 0 aromatic rings. The minimum absolute atomic E-state index is 0.173. The monoisotopic (exact) mass is 346 g/mol. The molecule has 0 atom stereocenters. The van der Waals surface area contributed by atoms with Crippen LogP contribution in [-0.4, -0.2) is 53.6 Å². The van der Waals surface area contributed by atoms with Gasteiger partial charge in [0.1, 0.15) is 0 Å². The van der Waals surface area contributed by atoms with Crippen molar-refractivity contribution in [1.29, 1.82) is 0 Å². The molecule has 0 spiro atoms. The maximum absolute atomic E-state index is 12.5. The molecule has 0 unspecified atom stereocenters. The summed E-state index contributed by atoms with van der Waals surface area (Å²) in [7, 11) is 2.00. The lowest BCUT2D eigenvalue weighted by Gasteiger charge is -2.35. The second kappa shape index (κ2) is 9.91. The molecule has 1 saturated heterocycles. The summed E-state index contributed by atoms with van der Waals surface area (Å²) in [5, 5.41) is 0. The smallest absolute Gasteiger partial charge is 0.187 e. The van der Waals surface area contributed by atoms with E-state index in [0.717, 1.165) is 32.1 Å². The minimum Gasteiger partial charge on any atom is -0.404 e. The van der Waals surface area contributed by atoms with Crippen LogP contribution in [0.25, 0.3) is 0 Å². The summed E-state index contributed by atoms with van der Waals surface area (Å²) in [5.74, 6) is 0. The molecule has 5 nitrogen and oxygen atoms in total. The highest BCUT2D eigenvalue weighted by Crippen LogP contribution is 2.21. The summed E-state index contributed by atoms with van der Waals surface area (Å²) in [5.41, 5.74) is 6.57. The van der Waals surface area contributed by atoms with Gasteiger partial charge in [0.25, 0.3) is 0 Å². The molecule has 8 heteroatoms. The topological polar surface area (TPSA) is 61.9 Å². The Bertz CT molecular complexity index is 460. The van der Waals surface area contributed by atoms with Crippen LogP contribution in [0, 0.1) is 0 Å².